The van der Waals surface area contributed by atoms with Gasteiger partial charge in [0.1, 0.15) is 0 Å². The van der Waals surface area contributed by atoms with E-state index in [4.69, 9.17) is 0 Å². The molecule has 1 aromatic heterocycles. The number of rotatable bonds is 5. The van der Waals surface area contributed by atoms with Crippen LogP contribution in [0.25, 0.3) is 0 Å². The first kappa shape index (κ1) is 14.8. The van der Waals surface area contributed by atoms with Gasteiger partial charge in [-0.05, 0) is 63.4 Å². The minimum atomic E-state index is 0.394. The summed E-state index contributed by atoms with van der Waals surface area (Å²) in [7, 11) is 4.05. The van der Waals surface area contributed by atoms with Gasteiger partial charge in [0.15, 0.2) is 0 Å². The quantitative estimate of drug-likeness (QED) is 0.904. The Balaban J connectivity index is 2.18. The Morgan fingerprint density at radius 2 is 1.85 bits per heavy atom. The van der Waals surface area contributed by atoms with Gasteiger partial charge < -0.3 is 5.32 Å². The fourth-order valence-electron chi connectivity index (χ4n) is 3.11. The highest BCUT2D eigenvalue weighted by Crippen LogP contribution is 2.26. The highest BCUT2D eigenvalue weighted by atomic mass is 15.2. The Morgan fingerprint density at radius 1 is 1.20 bits per heavy atom. The Labute approximate surface area is 122 Å². The van der Waals surface area contributed by atoms with Gasteiger partial charge in [0.05, 0.1) is 0 Å². The van der Waals surface area contributed by atoms with Crippen LogP contribution in [-0.2, 0) is 13.5 Å². The highest BCUT2D eigenvalue weighted by Gasteiger charge is 2.15. The molecule has 0 spiro atoms. The predicted octanol–water partition coefficient (Wildman–Crippen LogP) is 3.24. The minimum absolute atomic E-state index is 0.394. The average Bonchev–Trinajstić information content (AvgIpc) is 2.78. The van der Waals surface area contributed by atoms with Gasteiger partial charge in [-0.3, -0.25) is 4.68 Å². The molecule has 0 saturated carbocycles. The van der Waals surface area contributed by atoms with Crippen molar-refractivity contribution in [2.45, 2.75) is 39.7 Å². The molecule has 1 atom stereocenters. The third-order valence-corrected chi connectivity index (χ3v) is 4.05. The first-order chi connectivity index (χ1) is 9.52. The van der Waals surface area contributed by atoms with Gasteiger partial charge in [0.2, 0.25) is 0 Å². The second-order valence-electron chi connectivity index (χ2n) is 5.64. The zero-order valence-corrected chi connectivity index (χ0v) is 13.2. The summed E-state index contributed by atoms with van der Waals surface area (Å²) in [6.45, 7) is 6.58. The third kappa shape index (κ3) is 3.10. The maximum absolute atomic E-state index is 4.24. The van der Waals surface area contributed by atoms with Crippen molar-refractivity contribution in [3.63, 3.8) is 0 Å². The van der Waals surface area contributed by atoms with Crippen molar-refractivity contribution in [1.29, 1.82) is 0 Å². The number of hydrogen-bond acceptors (Lipinski definition) is 2. The largest absolute Gasteiger partial charge is 0.313 e. The lowest BCUT2D eigenvalue weighted by atomic mass is 9.91. The maximum atomic E-state index is 4.24. The van der Waals surface area contributed by atoms with Gasteiger partial charge in [0, 0.05) is 25.0 Å². The van der Waals surface area contributed by atoms with E-state index in [1.165, 1.54) is 27.9 Å². The fraction of sp³-hybridized carbons (Fsp3) is 0.471. The number of aromatic nitrogens is 2. The van der Waals surface area contributed by atoms with E-state index in [0.29, 0.717) is 6.04 Å². The molecule has 3 nitrogen and oxygen atoms in total. The van der Waals surface area contributed by atoms with Crippen molar-refractivity contribution in [3.05, 3.63) is 52.3 Å². The zero-order valence-electron chi connectivity index (χ0n) is 13.2. The Hall–Kier alpha value is -1.61. The summed E-state index contributed by atoms with van der Waals surface area (Å²) >= 11 is 0. The Morgan fingerprint density at radius 3 is 2.35 bits per heavy atom. The van der Waals surface area contributed by atoms with E-state index >= 15 is 0 Å². The minimum Gasteiger partial charge on any atom is -0.313 e. The molecule has 0 fully saturated rings. The summed E-state index contributed by atoms with van der Waals surface area (Å²) in [6, 6.07) is 7.04. The molecular formula is C17H25N3. The van der Waals surface area contributed by atoms with E-state index in [1.807, 2.05) is 25.0 Å². The van der Waals surface area contributed by atoms with E-state index in [1.54, 1.807) is 0 Å². The molecule has 108 valence electrons. The van der Waals surface area contributed by atoms with Gasteiger partial charge in [-0.15, -0.1) is 0 Å². The monoisotopic (exact) mass is 271 g/mol. The molecule has 0 saturated heterocycles. The second-order valence-corrected chi connectivity index (χ2v) is 5.64. The van der Waals surface area contributed by atoms with Crippen molar-refractivity contribution in [1.82, 2.24) is 15.1 Å². The van der Waals surface area contributed by atoms with Crippen molar-refractivity contribution in [2.75, 3.05) is 7.05 Å². The molecule has 1 N–H and O–H groups in total. The zero-order chi connectivity index (χ0) is 14.7. The average molecular weight is 271 g/mol. The van der Waals surface area contributed by atoms with Crippen molar-refractivity contribution < 1.29 is 0 Å². The second kappa shape index (κ2) is 6.23. The summed E-state index contributed by atoms with van der Waals surface area (Å²) in [4.78, 5) is 0. The van der Waals surface area contributed by atoms with E-state index in [2.05, 4.69) is 49.4 Å². The number of nitrogens with zero attached hydrogens (tertiary/aromatic N) is 2. The number of hydrogen-bond donors (Lipinski definition) is 1. The Bertz CT molecular complexity index is 561. The normalized spacial score (nSPS) is 12.7. The third-order valence-electron chi connectivity index (χ3n) is 4.05. The lowest BCUT2D eigenvalue weighted by molar-refractivity contribution is 0.531. The fourth-order valence-corrected chi connectivity index (χ4v) is 3.11. The van der Waals surface area contributed by atoms with Crippen LogP contribution in [0.3, 0.4) is 0 Å². The summed E-state index contributed by atoms with van der Waals surface area (Å²) in [5.74, 6) is 0. The van der Waals surface area contributed by atoms with Crippen LogP contribution in [-0.4, -0.2) is 16.8 Å². The summed E-state index contributed by atoms with van der Waals surface area (Å²) in [6.07, 6.45) is 3.99. The van der Waals surface area contributed by atoms with Crippen molar-refractivity contribution in [2.24, 2.45) is 7.05 Å². The smallest absolute Gasteiger partial charge is 0.0492 e. The van der Waals surface area contributed by atoms with Crippen molar-refractivity contribution in [3.8, 4) is 0 Å². The molecule has 2 aromatic rings. The first-order valence-corrected chi connectivity index (χ1v) is 7.24. The molecule has 0 bridgehead atoms. The summed E-state index contributed by atoms with van der Waals surface area (Å²) < 4.78 is 1.96. The first-order valence-electron chi connectivity index (χ1n) is 7.24. The summed E-state index contributed by atoms with van der Waals surface area (Å²) in [5.41, 5.74) is 6.83. The molecule has 2 rings (SSSR count). The van der Waals surface area contributed by atoms with E-state index < -0.39 is 0 Å². The number of benzene rings is 1. The molecule has 0 aliphatic heterocycles. The molecule has 20 heavy (non-hydrogen) atoms. The molecular weight excluding hydrogens is 246 g/mol. The maximum Gasteiger partial charge on any atom is 0.0492 e. The number of nitrogens with one attached hydrogen (secondary N) is 1. The number of aryl methyl sites for hydroxylation is 5. The topological polar surface area (TPSA) is 29.9 Å². The van der Waals surface area contributed by atoms with Gasteiger partial charge in [0.25, 0.3) is 0 Å². The predicted molar refractivity (Wildman–Crippen MR) is 84.0 cm³/mol. The summed E-state index contributed by atoms with van der Waals surface area (Å²) in [5, 5.41) is 7.71. The molecule has 0 aliphatic carbocycles. The molecule has 1 heterocycles. The van der Waals surface area contributed by atoms with Crippen LogP contribution in [0.4, 0.5) is 0 Å². The van der Waals surface area contributed by atoms with Gasteiger partial charge in [-0.2, -0.15) is 5.10 Å². The van der Waals surface area contributed by atoms with Gasteiger partial charge >= 0.3 is 0 Å². The van der Waals surface area contributed by atoms with Crippen LogP contribution >= 0.6 is 0 Å². The molecule has 0 radical (unpaired) electrons. The highest BCUT2D eigenvalue weighted by molar-refractivity contribution is 5.39. The van der Waals surface area contributed by atoms with E-state index in [0.717, 1.165) is 12.8 Å². The Kier molecular flexibility index (Phi) is 4.61. The standard InChI is InChI=1S/C17H25N3/c1-12-10-13(2)17(14(3)11-12)16(18-4)7-6-15-8-9-19-20(15)5/h8-11,16,18H,6-7H2,1-5H3. The molecule has 1 aromatic carbocycles. The van der Waals surface area contributed by atoms with E-state index in [9.17, 15) is 0 Å². The lowest BCUT2D eigenvalue weighted by Gasteiger charge is -2.22. The van der Waals surface area contributed by atoms with Crippen molar-refractivity contribution >= 4 is 0 Å². The SMILES string of the molecule is CNC(CCc1ccnn1C)c1c(C)cc(C)cc1C. The van der Waals surface area contributed by atoms with Crippen LogP contribution in [0.1, 0.15) is 40.4 Å². The van der Waals surface area contributed by atoms with E-state index in [-0.39, 0.29) is 0 Å². The van der Waals surface area contributed by atoms with Crippen LogP contribution in [0.2, 0.25) is 0 Å². The van der Waals surface area contributed by atoms with Crippen LogP contribution < -0.4 is 5.32 Å². The van der Waals surface area contributed by atoms with Crippen LogP contribution in [0.15, 0.2) is 24.4 Å². The molecule has 0 amide bonds. The van der Waals surface area contributed by atoms with Crippen LogP contribution in [0, 0.1) is 20.8 Å². The lowest BCUT2D eigenvalue weighted by Crippen LogP contribution is -2.20. The molecule has 0 aliphatic rings. The molecule has 1 unspecified atom stereocenters. The van der Waals surface area contributed by atoms with Gasteiger partial charge in [-0.25, -0.2) is 0 Å². The molecule has 3 heteroatoms. The van der Waals surface area contributed by atoms with Gasteiger partial charge in [-0.1, -0.05) is 17.7 Å². The van der Waals surface area contributed by atoms with Crippen LogP contribution in [0.5, 0.6) is 0 Å².